The van der Waals surface area contributed by atoms with Crippen LogP contribution >= 0.6 is 22.9 Å². The van der Waals surface area contributed by atoms with Gasteiger partial charge in [0.25, 0.3) is 0 Å². The molecule has 0 bridgehead atoms. The fourth-order valence-electron chi connectivity index (χ4n) is 3.04. The third-order valence-corrected chi connectivity index (χ3v) is 7.27. The topological polar surface area (TPSA) is 49.4 Å². The van der Waals surface area contributed by atoms with Crippen molar-refractivity contribution in [3.8, 4) is 0 Å². The lowest BCUT2D eigenvalue weighted by atomic mass is 9.97. The summed E-state index contributed by atoms with van der Waals surface area (Å²) < 4.78 is 27.6. The molecule has 136 valence electrons. The molecule has 2 aromatic rings. The van der Waals surface area contributed by atoms with Gasteiger partial charge in [0.1, 0.15) is 0 Å². The number of benzene rings is 1. The van der Waals surface area contributed by atoms with Gasteiger partial charge in [0.05, 0.1) is 4.90 Å². The van der Waals surface area contributed by atoms with Crippen LogP contribution in [0.5, 0.6) is 0 Å². The summed E-state index contributed by atoms with van der Waals surface area (Å²) in [6.07, 6.45) is 2.03. The fraction of sp³-hybridized carbons (Fsp3) is 0.444. The number of likely N-dealkylation sites (tertiary alicyclic amines) is 1. The van der Waals surface area contributed by atoms with Crippen LogP contribution in [0.2, 0.25) is 5.02 Å². The maximum Gasteiger partial charge on any atom is 0.240 e. The highest BCUT2D eigenvalue weighted by Crippen LogP contribution is 2.22. The SMILES string of the molecule is Cc1ccc(S(=O)(=O)NCC2CCN(Cc3ccsc3)CC2)cc1Cl. The van der Waals surface area contributed by atoms with Crippen molar-refractivity contribution in [1.29, 1.82) is 0 Å². The number of piperidine rings is 1. The molecule has 1 aliphatic heterocycles. The first-order chi connectivity index (χ1) is 11.9. The van der Waals surface area contributed by atoms with Crippen molar-refractivity contribution in [2.45, 2.75) is 31.2 Å². The second-order valence-electron chi connectivity index (χ2n) is 6.61. The van der Waals surface area contributed by atoms with E-state index in [1.807, 2.05) is 6.92 Å². The zero-order valence-electron chi connectivity index (χ0n) is 14.2. The molecular formula is C18H23ClN2O2S2. The molecule has 25 heavy (non-hydrogen) atoms. The Labute approximate surface area is 158 Å². The smallest absolute Gasteiger partial charge is 0.240 e. The summed E-state index contributed by atoms with van der Waals surface area (Å²) in [5.41, 5.74) is 2.24. The Morgan fingerprint density at radius 1 is 1.28 bits per heavy atom. The van der Waals surface area contributed by atoms with Crippen molar-refractivity contribution in [3.63, 3.8) is 0 Å². The van der Waals surface area contributed by atoms with Gasteiger partial charge in [-0.1, -0.05) is 17.7 Å². The average Bonchev–Trinajstić information content (AvgIpc) is 3.10. The van der Waals surface area contributed by atoms with Gasteiger partial charge < -0.3 is 0 Å². The average molecular weight is 399 g/mol. The van der Waals surface area contributed by atoms with Crippen LogP contribution in [0.1, 0.15) is 24.0 Å². The maximum atomic E-state index is 12.4. The van der Waals surface area contributed by atoms with E-state index >= 15 is 0 Å². The van der Waals surface area contributed by atoms with E-state index in [2.05, 4.69) is 26.4 Å². The van der Waals surface area contributed by atoms with Crippen molar-refractivity contribution in [2.24, 2.45) is 5.92 Å². The van der Waals surface area contributed by atoms with Gasteiger partial charge in [0.15, 0.2) is 0 Å². The van der Waals surface area contributed by atoms with Gasteiger partial charge in [-0.05, 0) is 78.9 Å². The molecule has 1 aromatic heterocycles. The van der Waals surface area contributed by atoms with E-state index in [0.717, 1.165) is 38.0 Å². The third kappa shape index (κ3) is 5.05. The summed E-state index contributed by atoms with van der Waals surface area (Å²) in [6.45, 7) is 5.36. The summed E-state index contributed by atoms with van der Waals surface area (Å²) in [7, 11) is -3.50. The first kappa shape index (κ1) is 18.9. The van der Waals surface area contributed by atoms with Crippen LogP contribution in [-0.4, -0.2) is 33.0 Å². The van der Waals surface area contributed by atoms with Crippen LogP contribution in [0.4, 0.5) is 0 Å². The van der Waals surface area contributed by atoms with Crippen LogP contribution in [0.25, 0.3) is 0 Å². The highest BCUT2D eigenvalue weighted by Gasteiger charge is 2.22. The predicted molar refractivity (Wildman–Crippen MR) is 104 cm³/mol. The van der Waals surface area contributed by atoms with E-state index < -0.39 is 10.0 Å². The van der Waals surface area contributed by atoms with Crippen molar-refractivity contribution in [1.82, 2.24) is 9.62 Å². The van der Waals surface area contributed by atoms with Crippen LogP contribution < -0.4 is 4.72 Å². The lowest BCUT2D eigenvalue weighted by Gasteiger charge is -2.31. The molecule has 0 saturated carbocycles. The number of hydrogen-bond donors (Lipinski definition) is 1. The normalized spacial score (nSPS) is 17.0. The standard InChI is InChI=1S/C18H23ClN2O2S2/c1-14-2-3-17(10-18(14)19)25(22,23)20-11-15-4-7-21(8-5-15)12-16-6-9-24-13-16/h2-3,6,9-10,13,15,20H,4-5,7-8,11-12H2,1H3. The molecule has 0 radical (unpaired) electrons. The molecule has 0 aliphatic carbocycles. The van der Waals surface area contributed by atoms with Gasteiger partial charge in [0.2, 0.25) is 10.0 Å². The third-order valence-electron chi connectivity index (χ3n) is 4.71. The molecule has 0 spiro atoms. The van der Waals surface area contributed by atoms with Gasteiger partial charge in [-0.15, -0.1) is 0 Å². The number of rotatable bonds is 6. The number of halogens is 1. The lowest BCUT2D eigenvalue weighted by molar-refractivity contribution is 0.179. The minimum absolute atomic E-state index is 0.234. The molecule has 0 unspecified atom stereocenters. The van der Waals surface area contributed by atoms with Gasteiger partial charge in [0, 0.05) is 18.1 Å². The number of hydrogen-bond acceptors (Lipinski definition) is 4. The summed E-state index contributed by atoms with van der Waals surface area (Å²) in [5, 5.41) is 4.77. The molecule has 7 heteroatoms. The Morgan fingerprint density at radius 3 is 2.68 bits per heavy atom. The Balaban J connectivity index is 1.49. The molecule has 0 amide bonds. The molecular weight excluding hydrogens is 376 g/mol. The molecule has 1 aliphatic rings. The van der Waals surface area contributed by atoms with Crippen molar-refractivity contribution in [3.05, 3.63) is 51.2 Å². The second kappa shape index (κ2) is 8.18. The highest BCUT2D eigenvalue weighted by molar-refractivity contribution is 7.89. The number of nitrogens with one attached hydrogen (secondary N) is 1. The predicted octanol–water partition coefficient (Wildman–Crippen LogP) is 3.90. The number of aryl methyl sites for hydroxylation is 1. The Hall–Kier alpha value is -0.920. The van der Waals surface area contributed by atoms with Crippen LogP contribution in [0, 0.1) is 12.8 Å². The van der Waals surface area contributed by atoms with E-state index in [1.165, 1.54) is 11.6 Å². The molecule has 0 atom stereocenters. The summed E-state index contributed by atoms with van der Waals surface area (Å²) >= 11 is 7.77. The molecule has 3 rings (SSSR count). The Bertz CT molecular complexity index is 798. The summed E-state index contributed by atoms with van der Waals surface area (Å²) in [4.78, 5) is 2.67. The Kier molecular flexibility index (Phi) is 6.17. The summed E-state index contributed by atoms with van der Waals surface area (Å²) in [6, 6.07) is 7.02. The van der Waals surface area contributed by atoms with Crippen molar-refractivity contribution < 1.29 is 8.42 Å². The van der Waals surface area contributed by atoms with Crippen LogP contribution in [0.15, 0.2) is 39.9 Å². The molecule has 2 heterocycles. The van der Waals surface area contributed by atoms with Crippen LogP contribution in [-0.2, 0) is 16.6 Å². The summed E-state index contributed by atoms with van der Waals surface area (Å²) in [5.74, 6) is 0.384. The van der Waals surface area contributed by atoms with Gasteiger partial charge >= 0.3 is 0 Å². The zero-order chi connectivity index (χ0) is 17.9. The van der Waals surface area contributed by atoms with E-state index in [1.54, 1.807) is 23.5 Å². The molecule has 1 N–H and O–H groups in total. The highest BCUT2D eigenvalue weighted by atomic mass is 35.5. The minimum atomic E-state index is -3.50. The molecule has 1 aromatic carbocycles. The second-order valence-corrected chi connectivity index (χ2v) is 9.57. The van der Waals surface area contributed by atoms with Gasteiger partial charge in [-0.25, -0.2) is 13.1 Å². The van der Waals surface area contributed by atoms with E-state index in [0.29, 0.717) is 17.5 Å². The van der Waals surface area contributed by atoms with E-state index in [9.17, 15) is 8.42 Å². The first-order valence-corrected chi connectivity index (χ1v) is 11.2. The fourth-order valence-corrected chi connectivity index (χ4v) is 5.09. The van der Waals surface area contributed by atoms with E-state index in [4.69, 9.17) is 11.6 Å². The van der Waals surface area contributed by atoms with Crippen molar-refractivity contribution >= 4 is 33.0 Å². The Morgan fingerprint density at radius 2 is 2.04 bits per heavy atom. The van der Waals surface area contributed by atoms with Crippen molar-refractivity contribution in [2.75, 3.05) is 19.6 Å². The quantitative estimate of drug-likeness (QED) is 0.802. The number of sulfonamides is 1. The number of nitrogens with zero attached hydrogens (tertiary/aromatic N) is 1. The monoisotopic (exact) mass is 398 g/mol. The van der Waals surface area contributed by atoms with Gasteiger partial charge in [-0.2, -0.15) is 11.3 Å². The molecule has 4 nitrogen and oxygen atoms in total. The van der Waals surface area contributed by atoms with E-state index in [-0.39, 0.29) is 4.90 Å². The van der Waals surface area contributed by atoms with Gasteiger partial charge in [-0.3, -0.25) is 4.90 Å². The minimum Gasteiger partial charge on any atom is -0.299 e. The number of thiophene rings is 1. The largest absolute Gasteiger partial charge is 0.299 e. The zero-order valence-corrected chi connectivity index (χ0v) is 16.6. The molecule has 1 saturated heterocycles. The van der Waals surface area contributed by atoms with Crippen LogP contribution in [0.3, 0.4) is 0 Å². The first-order valence-electron chi connectivity index (χ1n) is 8.43. The maximum absolute atomic E-state index is 12.4. The molecule has 1 fully saturated rings. The lowest BCUT2D eigenvalue weighted by Crippen LogP contribution is -2.38.